The monoisotopic (exact) mass is 252 g/mol. The Hall–Kier alpha value is -1.43. The Morgan fingerprint density at radius 2 is 2.39 bits per heavy atom. The number of esters is 1. The second-order valence-electron chi connectivity index (χ2n) is 5.58. The van der Waals surface area contributed by atoms with Crippen molar-refractivity contribution in [2.24, 2.45) is 0 Å². The maximum atomic E-state index is 11.6. The number of carbonyl (C=O) groups is 1. The van der Waals surface area contributed by atoms with E-state index in [-0.39, 0.29) is 18.6 Å². The minimum atomic E-state index is -0.465. The molecule has 18 heavy (non-hydrogen) atoms. The van der Waals surface area contributed by atoms with Crippen molar-refractivity contribution in [3.8, 4) is 0 Å². The third-order valence-corrected chi connectivity index (χ3v) is 2.68. The van der Waals surface area contributed by atoms with Crippen LogP contribution in [0.4, 0.5) is 0 Å². The van der Waals surface area contributed by atoms with Crippen LogP contribution >= 0.6 is 0 Å². The molecular weight excluding hydrogens is 232 g/mol. The molecule has 100 valence electrons. The second kappa shape index (κ2) is 5.06. The fourth-order valence-electron chi connectivity index (χ4n) is 1.99. The van der Waals surface area contributed by atoms with Gasteiger partial charge in [0.25, 0.3) is 0 Å². The van der Waals surface area contributed by atoms with E-state index in [2.05, 4.69) is 15.6 Å². The second-order valence-corrected chi connectivity index (χ2v) is 5.58. The standard InChI is InChI=1S/C12H20N4O2/c1-12(2,3)18-11(17)8-16-7-10(14-15-16)9-5-4-6-13-9/h7,9,13H,4-6,8H2,1-3H3. The minimum absolute atomic E-state index is 0.108. The molecule has 0 saturated carbocycles. The number of hydrogen-bond acceptors (Lipinski definition) is 5. The Morgan fingerprint density at radius 1 is 1.61 bits per heavy atom. The first-order chi connectivity index (χ1) is 8.44. The van der Waals surface area contributed by atoms with Gasteiger partial charge in [0.1, 0.15) is 12.1 Å². The van der Waals surface area contributed by atoms with Gasteiger partial charge in [-0.3, -0.25) is 4.79 Å². The Labute approximate surface area is 107 Å². The quantitative estimate of drug-likeness (QED) is 0.814. The van der Waals surface area contributed by atoms with Gasteiger partial charge in [-0.1, -0.05) is 5.21 Å². The van der Waals surface area contributed by atoms with Crippen molar-refractivity contribution >= 4 is 5.97 Å². The van der Waals surface area contributed by atoms with Crippen LogP contribution < -0.4 is 5.32 Å². The van der Waals surface area contributed by atoms with E-state index in [0.29, 0.717) is 0 Å². The molecule has 1 N–H and O–H groups in total. The van der Waals surface area contributed by atoms with Crippen molar-refractivity contribution in [2.75, 3.05) is 6.54 Å². The predicted molar refractivity (Wildman–Crippen MR) is 65.8 cm³/mol. The lowest BCUT2D eigenvalue weighted by molar-refractivity contribution is -0.155. The summed E-state index contributed by atoms with van der Waals surface area (Å²) in [5.41, 5.74) is 0.434. The van der Waals surface area contributed by atoms with Gasteiger partial charge in [0.05, 0.1) is 17.9 Å². The summed E-state index contributed by atoms with van der Waals surface area (Å²) in [5, 5.41) is 11.4. The lowest BCUT2D eigenvalue weighted by Crippen LogP contribution is -2.26. The Bertz CT molecular complexity index is 416. The number of aromatic nitrogens is 3. The van der Waals surface area contributed by atoms with E-state index in [1.165, 1.54) is 4.68 Å². The topological polar surface area (TPSA) is 69.0 Å². The molecule has 1 fully saturated rings. The smallest absolute Gasteiger partial charge is 0.328 e. The lowest BCUT2D eigenvalue weighted by atomic mass is 10.2. The Balaban J connectivity index is 1.92. The largest absolute Gasteiger partial charge is 0.459 e. The molecule has 0 aliphatic carbocycles. The zero-order chi connectivity index (χ0) is 13.2. The molecule has 0 bridgehead atoms. The molecule has 1 aromatic heterocycles. The van der Waals surface area contributed by atoms with Crippen molar-refractivity contribution in [3.05, 3.63) is 11.9 Å². The molecule has 1 saturated heterocycles. The minimum Gasteiger partial charge on any atom is -0.459 e. The van der Waals surface area contributed by atoms with Gasteiger partial charge in [-0.05, 0) is 40.2 Å². The summed E-state index contributed by atoms with van der Waals surface area (Å²) in [6.45, 7) is 6.67. The molecule has 1 atom stereocenters. The van der Waals surface area contributed by atoms with Crippen LogP contribution in [-0.2, 0) is 16.1 Å². The highest BCUT2D eigenvalue weighted by atomic mass is 16.6. The Kier molecular flexibility index (Phi) is 3.65. The van der Waals surface area contributed by atoms with E-state index in [0.717, 1.165) is 25.1 Å². The van der Waals surface area contributed by atoms with Crippen LogP contribution in [0.5, 0.6) is 0 Å². The third kappa shape index (κ3) is 3.53. The van der Waals surface area contributed by atoms with Crippen LogP contribution in [0, 0.1) is 0 Å². The van der Waals surface area contributed by atoms with Gasteiger partial charge in [0.15, 0.2) is 0 Å². The summed E-state index contributed by atoms with van der Waals surface area (Å²) < 4.78 is 6.76. The highest BCUT2D eigenvalue weighted by Gasteiger charge is 2.21. The molecule has 0 aromatic carbocycles. The number of carbonyl (C=O) groups excluding carboxylic acids is 1. The van der Waals surface area contributed by atoms with Crippen LogP contribution in [-0.4, -0.2) is 33.1 Å². The van der Waals surface area contributed by atoms with Crippen LogP contribution in [0.25, 0.3) is 0 Å². The first-order valence-corrected chi connectivity index (χ1v) is 6.29. The van der Waals surface area contributed by atoms with E-state index in [4.69, 9.17) is 4.74 Å². The molecule has 2 heterocycles. The van der Waals surface area contributed by atoms with Gasteiger partial charge >= 0.3 is 5.97 Å². The average molecular weight is 252 g/mol. The summed E-state index contributed by atoms with van der Waals surface area (Å²) >= 11 is 0. The SMILES string of the molecule is CC(C)(C)OC(=O)Cn1cc(C2CCCN2)nn1. The number of nitrogens with zero attached hydrogens (tertiary/aromatic N) is 3. The van der Waals surface area contributed by atoms with Gasteiger partial charge < -0.3 is 10.1 Å². The number of ether oxygens (including phenoxy) is 1. The number of rotatable bonds is 3. The molecule has 0 amide bonds. The van der Waals surface area contributed by atoms with E-state index in [1.54, 1.807) is 0 Å². The predicted octanol–water partition coefficient (Wildman–Crippen LogP) is 1.04. The summed E-state index contributed by atoms with van der Waals surface area (Å²) in [6.07, 6.45) is 4.04. The summed E-state index contributed by atoms with van der Waals surface area (Å²) in [7, 11) is 0. The first-order valence-electron chi connectivity index (χ1n) is 6.29. The first kappa shape index (κ1) is 13.0. The van der Waals surface area contributed by atoms with Gasteiger partial charge in [0, 0.05) is 0 Å². The van der Waals surface area contributed by atoms with E-state index in [1.807, 2.05) is 27.0 Å². The van der Waals surface area contributed by atoms with E-state index < -0.39 is 5.60 Å². The van der Waals surface area contributed by atoms with Gasteiger partial charge in [0.2, 0.25) is 0 Å². The lowest BCUT2D eigenvalue weighted by Gasteiger charge is -2.19. The molecule has 1 aliphatic rings. The normalized spacial score (nSPS) is 20.1. The highest BCUT2D eigenvalue weighted by Crippen LogP contribution is 2.20. The van der Waals surface area contributed by atoms with Crippen LogP contribution in [0.2, 0.25) is 0 Å². The molecule has 6 nitrogen and oxygen atoms in total. The summed E-state index contributed by atoms with van der Waals surface area (Å²) in [6, 6.07) is 0.275. The fraction of sp³-hybridized carbons (Fsp3) is 0.750. The molecule has 1 unspecified atom stereocenters. The molecule has 6 heteroatoms. The molecule has 2 rings (SSSR count). The Morgan fingerprint density at radius 3 is 3.00 bits per heavy atom. The van der Waals surface area contributed by atoms with Crippen molar-refractivity contribution < 1.29 is 9.53 Å². The number of nitrogens with one attached hydrogen (secondary N) is 1. The van der Waals surface area contributed by atoms with Crippen LogP contribution in [0.1, 0.15) is 45.3 Å². The molecule has 0 radical (unpaired) electrons. The van der Waals surface area contributed by atoms with Gasteiger partial charge in [-0.25, -0.2) is 4.68 Å². The van der Waals surface area contributed by atoms with Gasteiger partial charge in [-0.2, -0.15) is 0 Å². The van der Waals surface area contributed by atoms with E-state index >= 15 is 0 Å². The molecule has 1 aliphatic heterocycles. The maximum absolute atomic E-state index is 11.6. The zero-order valence-electron chi connectivity index (χ0n) is 11.1. The van der Waals surface area contributed by atoms with Crippen LogP contribution in [0.15, 0.2) is 6.20 Å². The van der Waals surface area contributed by atoms with Crippen molar-refractivity contribution in [1.29, 1.82) is 0 Å². The van der Waals surface area contributed by atoms with Crippen molar-refractivity contribution in [3.63, 3.8) is 0 Å². The van der Waals surface area contributed by atoms with E-state index in [9.17, 15) is 4.79 Å². The molecule has 0 spiro atoms. The molecular formula is C12H20N4O2. The highest BCUT2D eigenvalue weighted by molar-refractivity contribution is 5.69. The van der Waals surface area contributed by atoms with Crippen LogP contribution in [0.3, 0.4) is 0 Å². The van der Waals surface area contributed by atoms with Gasteiger partial charge in [-0.15, -0.1) is 5.10 Å². The third-order valence-electron chi connectivity index (χ3n) is 2.68. The maximum Gasteiger partial charge on any atom is 0.328 e. The number of hydrogen-bond donors (Lipinski definition) is 1. The fourth-order valence-corrected chi connectivity index (χ4v) is 1.99. The van der Waals surface area contributed by atoms with Crippen molar-refractivity contribution in [2.45, 2.75) is 51.8 Å². The average Bonchev–Trinajstić information content (AvgIpc) is 2.82. The molecule has 1 aromatic rings. The summed E-state index contributed by atoms with van der Waals surface area (Å²) in [5.74, 6) is -0.293. The van der Waals surface area contributed by atoms with Crippen molar-refractivity contribution in [1.82, 2.24) is 20.3 Å². The summed E-state index contributed by atoms with van der Waals surface area (Å²) in [4.78, 5) is 11.6. The zero-order valence-corrected chi connectivity index (χ0v) is 11.1.